The van der Waals surface area contributed by atoms with Gasteiger partial charge in [-0.3, -0.25) is 0 Å². The number of benzene rings is 1. The number of nitrogens with zero attached hydrogens (tertiary/aromatic N) is 1. The first kappa shape index (κ1) is 14.1. The van der Waals surface area contributed by atoms with E-state index in [1.807, 2.05) is 39.8 Å². The first-order valence-corrected chi connectivity index (χ1v) is 6.38. The lowest BCUT2D eigenvalue weighted by Gasteiger charge is -2.32. The van der Waals surface area contributed by atoms with Gasteiger partial charge in [0.25, 0.3) is 0 Å². The second-order valence-corrected chi connectivity index (χ2v) is 5.88. The first-order chi connectivity index (χ1) is 8.77. The predicted molar refractivity (Wildman–Crippen MR) is 74.2 cm³/mol. The van der Waals surface area contributed by atoms with Gasteiger partial charge in [-0.2, -0.15) is 5.26 Å². The molecule has 0 unspecified atom stereocenters. The fourth-order valence-corrected chi connectivity index (χ4v) is 1.97. The molecule has 1 aliphatic rings. The summed E-state index contributed by atoms with van der Waals surface area (Å²) in [6.45, 7) is 7.99. The van der Waals surface area contributed by atoms with Crippen LogP contribution >= 0.6 is 0 Å². The highest BCUT2D eigenvalue weighted by atomic mass is 16.7. The smallest absolute Gasteiger partial charge is 0.402 e. The molecule has 2 rings (SSSR count). The van der Waals surface area contributed by atoms with Crippen molar-refractivity contribution in [2.24, 2.45) is 5.73 Å². The SMILES string of the molecule is CC1(C)OB([C@H](N)c2ccc(C#N)cc2)OC1(C)C. The zero-order chi connectivity index (χ0) is 14.3. The molecule has 1 aromatic carbocycles. The van der Waals surface area contributed by atoms with Gasteiger partial charge in [-0.05, 0) is 45.4 Å². The quantitative estimate of drug-likeness (QED) is 0.825. The minimum atomic E-state index is -0.474. The molecular formula is C14H19BN2O2. The highest BCUT2D eigenvalue weighted by Gasteiger charge is 2.53. The third-order valence-corrected chi connectivity index (χ3v) is 3.99. The normalized spacial score (nSPS) is 22.0. The molecule has 1 fully saturated rings. The summed E-state index contributed by atoms with van der Waals surface area (Å²) in [7, 11) is -0.474. The Balaban J connectivity index is 2.17. The molecule has 100 valence electrons. The Labute approximate surface area is 114 Å². The molecule has 1 atom stereocenters. The zero-order valence-corrected chi connectivity index (χ0v) is 11.8. The van der Waals surface area contributed by atoms with Crippen LogP contribution in [0, 0.1) is 11.3 Å². The lowest BCUT2D eigenvalue weighted by atomic mass is 9.75. The standard InChI is InChI=1S/C14H19BN2O2/c1-13(2)14(3,4)19-15(18-13)12(17)11-7-5-10(9-16)6-8-11/h5-8,12H,17H2,1-4H3/t12-/m1/s1. The van der Waals surface area contributed by atoms with Crippen LogP contribution < -0.4 is 5.73 Å². The largest absolute Gasteiger partial charge is 0.480 e. The van der Waals surface area contributed by atoms with E-state index >= 15 is 0 Å². The van der Waals surface area contributed by atoms with Crippen molar-refractivity contribution in [3.8, 4) is 6.07 Å². The lowest BCUT2D eigenvalue weighted by molar-refractivity contribution is 0.00578. The van der Waals surface area contributed by atoms with Crippen LogP contribution in [-0.2, 0) is 9.31 Å². The summed E-state index contributed by atoms with van der Waals surface area (Å²) in [5.74, 6) is -0.367. The molecule has 4 nitrogen and oxygen atoms in total. The second kappa shape index (κ2) is 4.64. The zero-order valence-electron chi connectivity index (χ0n) is 11.8. The molecule has 0 bridgehead atoms. The summed E-state index contributed by atoms with van der Waals surface area (Å²) < 4.78 is 11.8. The van der Waals surface area contributed by atoms with Crippen molar-refractivity contribution in [3.63, 3.8) is 0 Å². The van der Waals surface area contributed by atoms with Crippen molar-refractivity contribution >= 4 is 7.12 Å². The summed E-state index contributed by atoms with van der Waals surface area (Å²) >= 11 is 0. The van der Waals surface area contributed by atoms with Gasteiger partial charge < -0.3 is 15.0 Å². The Hall–Kier alpha value is -1.35. The molecule has 2 N–H and O–H groups in total. The van der Waals surface area contributed by atoms with E-state index in [-0.39, 0.29) is 17.1 Å². The van der Waals surface area contributed by atoms with Crippen LogP contribution in [0.15, 0.2) is 24.3 Å². The third-order valence-electron chi connectivity index (χ3n) is 3.99. The van der Waals surface area contributed by atoms with Crippen LogP contribution in [0.2, 0.25) is 0 Å². The van der Waals surface area contributed by atoms with Gasteiger partial charge in [-0.25, -0.2) is 0 Å². The maximum Gasteiger partial charge on any atom is 0.480 e. The Morgan fingerprint density at radius 2 is 1.58 bits per heavy atom. The van der Waals surface area contributed by atoms with E-state index in [0.717, 1.165) is 5.56 Å². The minimum Gasteiger partial charge on any atom is -0.402 e. The lowest BCUT2D eigenvalue weighted by Crippen LogP contribution is -2.41. The van der Waals surface area contributed by atoms with Crippen molar-refractivity contribution in [2.75, 3.05) is 0 Å². The number of nitrogens with two attached hydrogens (primary N) is 1. The van der Waals surface area contributed by atoms with E-state index in [2.05, 4.69) is 6.07 Å². The van der Waals surface area contributed by atoms with E-state index in [0.29, 0.717) is 5.56 Å². The van der Waals surface area contributed by atoms with E-state index in [4.69, 9.17) is 20.3 Å². The summed E-state index contributed by atoms with van der Waals surface area (Å²) in [5.41, 5.74) is 6.94. The first-order valence-electron chi connectivity index (χ1n) is 6.38. The maximum absolute atomic E-state index is 8.79. The fourth-order valence-electron chi connectivity index (χ4n) is 1.97. The van der Waals surface area contributed by atoms with Crippen LogP contribution in [-0.4, -0.2) is 18.3 Å². The molecule has 19 heavy (non-hydrogen) atoms. The molecular weight excluding hydrogens is 239 g/mol. The van der Waals surface area contributed by atoms with Gasteiger partial charge in [-0.15, -0.1) is 0 Å². The van der Waals surface area contributed by atoms with Gasteiger partial charge in [0.05, 0.1) is 28.8 Å². The Kier molecular flexibility index (Phi) is 3.44. The van der Waals surface area contributed by atoms with Gasteiger partial charge in [0.2, 0.25) is 0 Å². The van der Waals surface area contributed by atoms with Crippen LogP contribution in [0.25, 0.3) is 0 Å². The number of rotatable bonds is 2. The fraction of sp³-hybridized carbons (Fsp3) is 0.500. The topological polar surface area (TPSA) is 68.3 Å². The molecule has 0 amide bonds. The number of nitriles is 1. The monoisotopic (exact) mass is 258 g/mol. The molecule has 0 saturated carbocycles. The summed E-state index contributed by atoms with van der Waals surface area (Å²) in [4.78, 5) is 0. The van der Waals surface area contributed by atoms with Crippen LogP contribution in [0.4, 0.5) is 0 Å². The molecule has 0 radical (unpaired) electrons. The molecule has 1 aliphatic heterocycles. The van der Waals surface area contributed by atoms with Crippen LogP contribution in [0.3, 0.4) is 0 Å². The van der Waals surface area contributed by atoms with E-state index in [1.54, 1.807) is 12.1 Å². The van der Waals surface area contributed by atoms with Gasteiger partial charge >= 0.3 is 7.12 Å². The van der Waals surface area contributed by atoms with Crippen LogP contribution in [0.5, 0.6) is 0 Å². The second-order valence-electron chi connectivity index (χ2n) is 5.88. The van der Waals surface area contributed by atoms with Crippen molar-refractivity contribution in [1.82, 2.24) is 0 Å². The summed E-state index contributed by atoms with van der Waals surface area (Å²) in [5, 5.41) is 8.79. The van der Waals surface area contributed by atoms with Gasteiger partial charge in [-0.1, -0.05) is 12.1 Å². The Morgan fingerprint density at radius 3 is 2.00 bits per heavy atom. The number of hydrogen-bond donors (Lipinski definition) is 1. The molecule has 1 heterocycles. The summed E-state index contributed by atoms with van der Waals surface area (Å²) in [6.07, 6.45) is 0. The average Bonchev–Trinajstić information content (AvgIpc) is 2.58. The number of hydrogen-bond acceptors (Lipinski definition) is 4. The third kappa shape index (κ3) is 2.52. The average molecular weight is 258 g/mol. The predicted octanol–water partition coefficient (Wildman–Crippen LogP) is 2.19. The van der Waals surface area contributed by atoms with E-state index in [9.17, 15) is 0 Å². The Bertz CT molecular complexity index is 489. The van der Waals surface area contributed by atoms with Gasteiger partial charge in [0, 0.05) is 0 Å². The van der Waals surface area contributed by atoms with E-state index < -0.39 is 7.12 Å². The Morgan fingerprint density at radius 1 is 1.11 bits per heavy atom. The summed E-state index contributed by atoms with van der Waals surface area (Å²) in [6, 6.07) is 9.27. The van der Waals surface area contributed by atoms with Gasteiger partial charge in [0.1, 0.15) is 0 Å². The van der Waals surface area contributed by atoms with Crippen molar-refractivity contribution in [1.29, 1.82) is 5.26 Å². The molecule has 0 aliphatic carbocycles. The molecule has 0 spiro atoms. The molecule has 1 saturated heterocycles. The molecule has 0 aromatic heterocycles. The van der Waals surface area contributed by atoms with E-state index in [1.165, 1.54) is 0 Å². The maximum atomic E-state index is 8.79. The molecule has 5 heteroatoms. The van der Waals surface area contributed by atoms with Crippen molar-refractivity contribution in [2.45, 2.75) is 44.8 Å². The highest BCUT2D eigenvalue weighted by molar-refractivity contribution is 6.47. The highest BCUT2D eigenvalue weighted by Crippen LogP contribution is 2.39. The van der Waals surface area contributed by atoms with Crippen molar-refractivity contribution < 1.29 is 9.31 Å². The van der Waals surface area contributed by atoms with Crippen molar-refractivity contribution in [3.05, 3.63) is 35.4 Å². The molecule has 1 aromatic rings. The minimum absolute atomic E-state index is 0.367. The van der Waals surface area contributed by atoms with Gasteiger partial charge in [0.15, 0.2) is 0 Å². The van der Waals surface area contributed by atoms with Crippen LogP contribution in [0.1, 0.15) is 44.8 Å².